The summed E-state index contributed by atoms with van der Waals surface area (Å²) in [6.45, 7) is 0. The zero-order valence-corrected chi connectivity index (χ0v) is 15.7. The van der Waals surface area contributed by atoms with Crippen LogP contribution in [0.2, 0.25) is 0 Å². The Bertz CT molecular complexity index is 1230. The largest absolute Gasteiger partial charge is 0.345 e. The number of benzene rings is 2. The van der Waals surface area contributed by atoms with Crippen LogP contribution in [0.25, 0.3) is 16.0 Å². The lowest BCUT2D eigenvalue weighted by Crippen LogP contribution is -2.30. The van der Waals surface area contributed by atoms with Crippen LogP contribution in [0.15, 0.2) is 72.6 Å². The van der Waals surface area contributed by atoms with Crippen LogP contribution in [-0.4, -0.2) is 25.3 Å². The molecule has 1 atom stereocenters. The Morgan fingerprint density at radius 1 is 1.18 bits per heavy atom. The number of fused-ring (bicyclic) bond motifs is 2. The molecule has 0 spiro atoms. The molecule has 0 aliphatic carbocycles. The second-order valence-electron chi connectivity index (χ2n) is 6.59. The van der Waals surface area contributed by atoms with Gasteiger partial charge >= 0.3 is 0 Å². The standard InChI is InChI=1S/C21H17N5OS/c27-19(11-16-12-26-8-9-28-21(26)24-16)25-20(14-4-2-1-3-5-14)15-6-7-17-18(10-15)23-13-22-17/h1-10,12-13,20H,11H2,(H,22,23)(H,25,27)/t20-/m0/s1. The van der Waals surface area contributed by atoms with Crippen molar-refractivity contribution in [1.82, 2.24) is 24.7 Å². The molecule has 0 bridgehead atoms. The van der Waals surface area contributed by atoms with Gasteiger partial charge in [-0.1, -0.05) is 36.4 Å². The molecule has 0 unspecified atom stereocenters. The minimum absolute atomic E-state index is 0.0655. The van der Waals surface area contributed by atoms with Gasteiger partial charge in [0.05, 0.1) is 35.5 Å². The molecule has 3 heterocycles. The van der Waals surface area contributed by atoms with Crippen LogP contribution in [0, 0.1) is 0 Å². The first kappa shape index (κ1) is 16.7. The highest BCUT2D eigenvalue weighted by Crippen LogP contribution is 2.25. The van der Waals surface area contributed by atoms with E-state index in [0.29, 0.717) is 0 Å². The molecule has 2 aromatic carbocycles. The third-order valence-corrected chi connectivity index (χ3v) is 5.47. The maximum Gasteiger partial charge on any atom is 0.226 e. The van der Waals surface area contributed by atoms with Gasteiger partial charge in [0.25, 0.3) is 0 Å². The normalized spacial score (nSPS) is 12.4. The van der Waals surface area contributed by atoms with Crippen molar-refractivity contribution >= 4 is 33.2 Å². The number of thiazole rings is 1. The molecule has 5 aromatic rings. The minimum Gasteiger partial charge on any atom is -0.345 e. The summed E-state index contributed by atoms with van der Waals surface area (Å²) in [5.74, 6) is -0.0655. The molecule has 1 amide bonds. The monoisotopic (exact) mass is 387 g/mol. The van der Waals surface area contributed by atoms with Gasteiger partial charge in [-0.15, -0.1) is 11.3 Å². The van der Waals surface area contributed by atoms with Crippen LogP contribution < -0.4 is 5.32 Å². The van der Waals surface area contributed by atoms with Gasteiger partial charge < -0.3 is 10.3 Å². The van der Waals surface area contributed by atoms with Gasteiger partial charge in [-0.25, -0.2) is 9.97 Å². The van der Waals surface area contributed by atoms with Crippen molar-refractivity contribution in [2.75, 3.05) is 0 Å². The zero-order valence-electron chi connectivity index (χ0n) is 14.9. The smallest absolute Gasteiger partial charge is 0.226 e. The Morgan fingerprint density at radius 2 is 2.07 bits per heavy atom. The predicted octanol–water partition coefficient (Wildman–Crippen LogP) is 3.72. The van der Waals surface area contributed by atoms with E-state index in [2.05, 4.69) is 20.3 Å². The maximum absolute atomic E-state index is 12.8. The number of rotatable bonds is 5. The van der Waals surface area contributed by atoms with E-state index in [1.807, 2.05) is 70.7 Å². The number of carbonyl (C=O) groups excluding carboxylic acids is 1. The van der Waals surface area contributed by atoms with Gasteiger partial charge in [0.15, 0.2) is 4.96 Å². The van der Waals surface area contributed by atoms with Crippen molar-refractivity contribution in [3.63, 3.8) is 0 Å². The van der Waals surface area contributed by atoms with Crippen LogP contribution in [0.4, 0.5) is 0 Å². The highest BCUT2D eigenvalue weighted by atomic mass is 32.1. The molecule has 2 N–H and O–H groups in total. The van der Waals surface area contributed by atoms with Gasteiger partial charge in [-0.3, -0.25) is 9.20 Å². The van der Waals surface area contributed by atoms with Crippen molar-refractivity contribution in [3.05, 3.63) is 89.5 Å². The van der Waals surface area contributed by atoms with Gasteiger partial charge in [0.2, 0.25) is 5.91 Å². The molecule has 5 rings (SSSR count). The number of nitrogens with one attached hydrogen (secondary N) is 2. The second-order valence-corrected chi connectivity index (χ2v) is 7.47. The molecule has 7 heteroatoms. The molecule has 0 aliphatic rings. The number of carbonyl (C=O) groups is 1. The van der Waals surface area contributed by atoms with E-state index in [4.69, 9.17) is 0 Å². The summed E-state index contributed by atoms with van der Waals surface area (Å²) >= 11 is 1.56. The number of nitrogens with zero attached hydrogens (tertiary/aromatic N) is 3. The second kappa shape index (κ2) is 6.94. The fourth-order valence-electron chi connectivity index (χ4n) is 3.38. The summed E-state index contributed by atoms with van der Waals surface area (Å²) in [6, 6.07) is 15.7. The van der Waals surface area contributed by atoms with Crippen LogP contribution in [0.1, 0.15) is 22.9 Å². The Morgan fingerprint density at radius 3 is 2.93 bits per heavy atom. The van der Waals surface area contributed by atoms with Crippen LogP contribution in [0.5, 0.6) is 0 Å². The van der Waals surface area contributed by atoms with E-state index in [1.165, 1.54) is 0 Å². The number of hydrogen-bond acceptors (Lipinski definition) is 4. The minimum atomic E-state index is -0.245. The lowest BCUT2D eigenvalue weighted by Gasteiger charge is -2.20. The lowest BCUT2D eigenvalue weighted by atomic mass is 9.98. The first-order valence-corrected chi connectivity index (χ1v) is 9.83. The summed E-state index contributed by atoms with van der Waals surface area (Å²) < 4.78 is 1.94. The van der Waals surface area contributed by atoms with E-state index in [0.717, 1.165) is 32.8 Å². The predicted molar refractivity (Wildman–Crippen MR) is 109 cm³/mol. The van der Waals surface area contributed by atoms with Gasteiger partial charge in [-0.2, -0.15) is 0 Å². The highest BCUT2D eigenvalue weighted by Gasteiger charge is 2.18. The van der Waals surface area contributed by atoms with E-state index >= 15 is 0 Å². The molecule has 0 radical (unpaired) electrons. The molecule has 0 saturated heterocycles. The Hall–Kier alpha value is -3.45. The number of imidazole rings is 2. The fraction of sp³-hybridized carbons (Fsp3) is 0.0952. The summed E-state index contributed by atoms with van der Waals surface area (Å²) in [5.41, 5.74) is 4.64. The average Bonchev–Trinajstić information content (AvgIpc) is 3.42. The summed E-state index contributed by atoms with van der Waals surface area (Å²) in [5, 5.41) is 5.15. The molecular formula is C21H17N5OS. The Labute approximate surface area is 164 Å². The third kappa shape index (κ3) is 3.16. The zero-order chi connectivity index (χ0) is 18.9. The van der Waals surface area contributed by atoms with E-state index in [-0.39, 0.29) is 18.4 Å². The Balaban J connectivity index is 1.43. The number of amides is 1. The lowest BCUT2D eigenvalue weighted by molar-refractivity contribution is -0.121. The molecule has 0 aliphatic heterocycles. The molecule has 3 aromatic heterocycles. The molecular weight excluding hydrogens is 370 g/mol. The van der Waals surface area contributed by atoms with E-state index in [1.54, 1.807) is 17.7 Å². The van der Waals surface area contributed by atoms with Gasteiger partial charge in [0, 0.05) is 17.8 Å². The first-order chi connectivity index (χ1) is 13.8. The number of hydrogen-bond donors (Lipinski definition) is 2. The van der Waals surface area contributed by atoms with Gasteiger partial charge in [0.1, 0.15) is 0 Å². The number of H-pyrrole nitrogens is 1. The quantitative estimate of drug-likeness (QED) is 0.483. The summed E-state index contributed by atoms with van der Waals surface area (Å²) in [7, 11) is 0. The van der Waals surface area contributed by atoms with Crippen molar-refractivity contribution in [3.8, 4) is 0 Å². The topological polar surface area (TPSA) is 75.1 Å². The van der Waals surface area contributed by atoms with Crippen LogP contribution in [-0.2, 0) is 11.2 Å². The fourth-order valence-corrected chi connectivity index (χ4v) is 4.09. The van der Waals surface area contributed by atoms with Crippen molar-refractivity contribution < 1.29 is 4.79 Å². The SMILES string of the molecule is O=C(Cc1cn2ccsc2n1)N[C@@H](c1ccccc1)c1ccc2nc[nH]c2c1. The first-order valence-electron chi connectivity index (χ1n) is 8.95. The van der Waals surface area contributed by atoms with E-state index < -0.39 is 0 Å². The molecule has 6 nitrogen and oxygen atoms in total. The molecule has 138 valence electrons. The van der Waals surface area contributed by atoms with E-state index in [9.17, 15) is 4.79 Å². The summed E-state index contributed by atoms with van der Waals surface area (Å²) in [4.78, 5) is 25.6. The third-order valence-electron chi connectivity index (χ3n) is 4.70. The summed E-state index contributed by atoms with van der Waals surface area (Å²) in [6.07, 6.45) is 5.76. The van der Waals surface area contributed by atoms with Crippen LogP contribution >= 0.6 is 11.3 Å². The van der Waals surface area contributed by atoms with Gasteiger partial charge in [-0.05, 0) is 23.3 Å². The number of aromatic amines is 1. The maximum atomic E-state index is 12.8. The average molecular weight is 387 g/mol. The van der Waals surface area contributed by atoms with Crippen molar-refractivity contribution in [1.29, 1.82) is 0 Å². The molecule has 28 heavy (non-hydrogen) atoms. The molecule has 0 saturated carbocycles. The Kier molecular flexibility index (Phi) is 4.14. The van der Waals surface area contributed by atoms with Crippen molar-refractivity contribution in [2.45, 2.75) is 12.5 Å². The van der Waals surface area contributed by atoms with Crippen LogP contribution in [0.3, 0.4) is 0 Å². The highest BCUT2D eigenvalue weighted by molar-refractivity contribution is 7.15. The molecule has 0 fully saturated rings. The number of aromatic nitrogens is 4. The van der Waals surface area contributed by atoms with Crippen molar-refractivity contribution in [2.24, 2.45) is 0 Å².